The summed E-state index contributed by atoms with van der Waals surface area (Å²) in [7, 11) is 2.08. The molecule has 0 saturated carbocycles. The standard InChI is InChI=1S/C16H23N3O/c1-13(2)17-10-15-9-16(20-18-15)12-19(3)11-14-7-5-4-6-8-14/h4-9,13,17H,10-12H2,1-3H3. The number of nitrogens with one attached hydrogen (secondary N) is 1. The van der Waals surface area contributed by atoms with Crippen LogP contribution in [0.25, 0.3) is 0 Å². The van der Waals surface area contributed by atoms with Crippen molar-refractivity contribution in [3.8, 4) is 0 Å². The highest BCUT2D eigenvalue weighted by atomic mass is 16.5. The Bertz CT molecular complexity index is 507. The van der Waals surface area contributed by atoms with E-state index in [0.29, 0.717) is 6.04 Å². The predicted octanol–water partition coefficient (Wildman–Crippen LogP) is 2.80. The Morgan fingerprint density at radius 2 is 1.95 bits per heavy atom. The molecule has 0 amide bonds. The summed E-state index contributed by atoms with van der Waals surface area (Å²) in [5.41, 5.74) is 2.26. The smallest absolute Gasteiger partial charge is 0.151 e. The summed E-state index contributed by atoms with van der Waals surface area (Å²) in [5, 5.41) is 7.42. The molecule has 0 fully saturated rings. The average molecular weight is 273 g/mol. The molecule has 2 aromatic rings. The second kappa shape index (κ2) is 7.22. The quantitative estimate of drug-likeness (QED) is 0.842. The Labute approximate surface area is 120 Å². The van der Waals surface area contributed by atoms with Crippen LogP contribution in [0.15, 0.2) is 40.9 Å². The van der Waals surface area contributed by atoms with Crippen molar-refractivity contribution >= 4 is 0 Å². The van der Waals surface area contributed by atoms with Gasteiger partial charge in [-0.15, -0.1) is 0 Å². The van der Waals surface area contributed by atoms with Crippen LogP contribution in [-0.4, -0.2) is 23.1 Å². The summed E-state index contributed by atoms with van der Waals surface area (Å²) < 4.78 is 5.37. The third kappa shape index (κ3) is 4.79. The molecular weight excluding hydrogens is 250 g/mol. The molecule has 0 spiro atoms. The van der Waals surface area contributed by atoms with Crippen LogP contribution >= 0.6 is 0 Å². The number of rotatable bonds is 7. The van der Waals surface area contributed by atoms with Gasteiger partial charge in [0.25, 0.3) is 0 Å². The molecule has 108 valence electrons. The van der Waals surface area contributed by atoms with E-state index in [9.17, 15) is 0 Å². The Morgan fingerprint density at radius 1 is 1.20 bits per heavy atom. The first-order valence-corrected chi connectivity index (χ1v) is 7.04. The number of nitrogens with zero attached hydrogens (tertiary/aromatic N) is 2. The first kappa shape index (κ1) is 14.8. The monoisotopic (exact) mass is 273 g/mol. The summed E-state index contributed by atoms with van der Waals surface area (Å²) >= 11 is 0. The molecule has 2 rings (SSSR count). The van der Waals surface area contributed by atoms with Crippen LogP contribution in [0.5, 0.6) is 0 Å². The first-order chi connectivity index (χ1) is 9.63. The molecule has 0 aliphatic heterocycles. The summed E-state index contributed by atoms with van der Waals surface area (Å²) in [4.78, 5) is 2.22. The Hall–Kier alpha value is -1.65. The molecule has 1 heterocycles. The Kier molecular flexibility index (Phi) is 5.32. The second-order valence-corrected chi connectivity index (χ2v) is 5.48. The first-order valence-electron chi connectivity index (χ1n) is 7.04. The van der Waals surface area contributed by atoms with Crippen molar-refractivity contribution in [2.75, 3.05) is 7.05 Å². The third-order valence-electron chi connectivity index (χ3n) is 3.02. The molecule has 1 N–H and O–H groups in total. The highest BCUT2D eigenvalue weighted by Crippen LogP contribution is 2.09. The van der Waals surface area contributed by atoms with Gasteiger partial charge in [-0.2, -0.15) is 0 Å². The van der Waals surface area contributed by atoms with Gasteiger partial charge in [-0.25, -0.2) is 0 Å². The number of hydrogen-bond acceptors (Lipinski definition) is 4. The predicted molar refractivity (Wildman–Crippen MR) is 80.1 cm³/mol. The fourth-order valence-corrected chi connectivity index (χ4v) is 2.04. The molecule has 0 saturated heterocycles. The lowest BCUT2D eigenvalue weighted by atomic mass is 10.2. The van der Waals surface area contributed by atoms with E-state index in [1.54, 1.807) is 0 Å². The van der Waals surface area contributed by atoms with Crippen LogP contribution in [0.1, 0.15) is 30.9 Å². The van der Waals surface area contributed by atoms with Crippen molar-refractivity contribution in [1.29, 1.82) is 0 Å². The average Bonchev–Trinajstić information content (AvgIpc) is 2.85. The van der Waals surface area contributed by atoms with E-state index in [2.05, 4.69) is 60.5 Å². The van der Waals surface area contributed by atoms with Gasteiger partial charge in [0.05, 0.1) is 12.2 Å². The van der Waals surface area contributed by atoms with Crippen molar-refractivity contribution in [3.05, 3.63) is 53.4 Å². The van der Waals surface area contributed by atoms with E-state index in [1.807, 2.05) is 12.1 Å². The minimum absolute atomic E-state index is 0.455. The maximum absolute atomic E-state index is 5.37. The highest BCUT2D eigenvalue weighted by molar-refractivity contribution is 5.14. The van der Waals surface area contributed by atoms with Crippen molar-refractivity contribution in [1.82, 2.24) is 15.4 Å². The summed E-state index contributed by atoms with van der Waals surface area (Å²) in [6.45, 7) is 6.66. The normalized spacial score (nSPS) is 11.4. The maximum Gasteiger partial charge on any atom is 0.151 e. The molecule has 0 unspecified atom stereocenters. The number of aromatic nitrogens is 1. The molecule has 0 bridgehead atoms. The molecule has 1 aromatic heterocycles. The van der Waals surface area contributed by atoms with E-state index in [4.69, 9.17) is 4.52 Å². The number of hydrogen-bond donors (Lipinski definition) is 1. The van der Waals surface area contributed by atoms with Gasteiger partial charge in [-0.05, 0) is 12.6 Å². The van der Waals surface area contributed by atoms with Crippen LogP contribution < -0.4 is 5.32 Å². The van der Waals surface area contributed by atoms with Crippen LogP contribution in [0.3, 0.4) is 0 Å². The number of benzene rings is 1. The van der Waals surface area contributed by atoms with Crippen molar-refractivity contribution in [2.45, 2.75) is 39.5 Å². The Balaban J connectivity index is 1.83. The fraction of sp³-hybridized carbons (Fsp3) is 0.438. The molecular formula is C16H23N3O. The molecule has 0 aliphatic carbocycles. The van der Waals surface area contributed by atoms with E-state index in [-0.39, 0.29) is 0 Å². The largest absolute Gasteiger partial charge is 0.360 e. The summed E-state index contributed by atoms with van der Waals surface area (Å²) in [6.07, 6.45) is 0. The zero-order valence-corrected chi connectivity index (χ0v) is 12.5. The van der Waals surface area contributed by atoms with Crippen LogP contribution in [-0.2, 0) is 19.6 Å². The molecule has 1 aromatic carbocycles. The van der Waals surface area contributed by atoms with Crippen LogP contribution in [0.4, 0.5) is 0 Å². The van der Waals surface area contributed by atoms with E-state index >= 15 is 0 Å². The third-order valence-corrected chi connectivity index (χ3v) is 3.02. The zero-order valence-electron chi connectivity index (χ0n) is 12.5. The molecule has 4 nitrogen and oxygen atoms in total. The molecule has 0 atom stereocenters. The van der Waals surface area contributed by atoms with Crippen LogP contribution in [0, 0.1) is 0 Å². The lowest BCUT2D eigenvalue weighted by molar-refractivity contribution is 0.265. The van der Waals surface area contributed by atoms with Gasteiger partial charge in [0.2, 0.25) is 0 Å². The fourth-order valence-electron chi connectivity index (χ4n) is 2.04. The summed E-state index contributed by atoms with van der Waals surface area (Å²) in [5.74, 6) is 0.906. The van der Waals surface area contributed by atoms with Gasteiger partial charge >= 0.3 is 0 Å². The Morgan fingerprint density at radius 3 is 2.65 bits per heavy atom. The van der Waals surface area contributed by atoms with Gasteiger partial charge in [0.1, 0.15) is 0 Å². The minimum atomic E-state index is 0.455. The maximum atomic E-state index is 5.37. The van der Waals surface area contributed by atoms with E-state index in [0.717, 1.165) is 31.1 Å². The van der Waals surface area contributed by atoms with Gasteiger partial charge in [-0.3, -0.25) is 4.90 Å². The van der Waals surface area contributed by atoms with Gasteiger partial charge in [-0.1, -0.05) is 49.3 Å². The zero-order chi connectivity index (χ0) is 14.4. The molecule has 0 radical (unpaired) electrons. The molecule has 4 heteroatoms. The SMILES string of the molecule is CC(C)NCc1cc(CN(C)Cc2ccccc2)on1. The molecule has 0 aliphatic rings. The molecule has 20 heavy (non-hydrogen) atoms. The second-order valence-electron chi connectivity index (χ2n) is 5.48. The summed E-state index contributed by atoms with van der Waals surface area (Å²) in [6, 6.07) is 12.9. The lowest BCUT2D eigenvalue weighted by Crippen LogP contribution is -2.21. The van der Waals surface area contributed by atoms with Crippen molar-refractivity contribution in [3.63, 3.8) is 0 Å². The van der Waals surface area contributed by atoms with Crippen LogP contribution in [0.2, 0.25) is 0 Å². The van der Waals surface area contributed by atoms with Crippen molar-refractivity contribution < 1.29 is 4.52 Å². The van der Waals surface area contributed by atoms with E-state index in [1.165, 1.54) is 5.56 Å². The van der Waals surface area contributed by atoms with Gasteiger partial charge in [0, 0.05) is 25.2 Å². The van der Waals surface area contributed by atoms with Crippen molar-refractivity contribution in [2.24, 2.45) is 0 Å². The van der Waals surface area contributed by atoms with Gasteiger partial charge in [0.15, 0.2) is 5.76 Å². The highest BCUT2D eigenvalue weighted by Gasteiger charge is 2.08. The minimum Gasteiger partial charge on any atom is -0.360 e. The van der Waals surface area contributed by atoms with Gasteiger partial charge < -0.3 is 9.84 Å². The topological polar surface area (TPSA) is 41.3 Å². The van der Waals surface area contributed by atoms with E-state index < -0.39 is 0 Å². The lowest BCUT2D eigenvalue weighted by Gasteiger charge is -2.14.